The van der Waals surface area contributed by atoms with E-state index >= 15 is 0 Å². The largest absolute Gasteiger partial charge is 0.481 e. The number of hydrogen-bond donors (Lipinski definition) is 2. The van der Waals surface area contributed by atoms with Crippen molar-refractivity contribution in [1.82, 2.24) is 4.72 Å². The van der Waals surface area contributed by atoms with E-state index in [0.29, 0.717) is 0 Å². The van der Waals surface area contributed by atoms with Gasteiger partial charge in [-0.05, 0) is 34.1 Å². The zero-order chi connectivity index (χ0) is 15.3. The SMILES string of the molecule is COC(CNS(=O)(=O)c1ccc(Br)c(F)c1)CC(=O)O. The smallest absolute Gasteiger partial charge is 0.306 e. The maximum atomic E-state index is 13.3. The minimum absolute atomic E-state index is 0.150. The van der Waals surface area contributed by atoms with E-state index in [0.717, 1.165) is 6.07 Å². The van der Waals surface area contributed by atoms with Gasteiger partial charge in [-0.25, -0.2) is 17.5 Å². The summed E-state index contributed by atoms with van der Waals surface area (Å²) < 4.78 is 44.3. The Balaban J connectivity index is 2.79. The number of carboxylic acids is 1. The standard InChI is InChI=1S/C11H13BrFNO5S/c1-19-7(4-11(15)16)6-14-20(17,18)8-2-3-9(12)10(13)5-8/h2-3,5,7,14H,4,6H2,1H3,(H,15,16). The number of rotatable bonds is 7. The highest BCUT2D eigenvalue weighted by molar-refractivity contribution is 9.10. The molecule has 6 nitrogen and oxygen atoms in total. The molecule has 9 heteroatoms. The van der Waals surface area contributed by atoms with Crippen molar-refractivity contribution in [2.75, 3.05) is 13.7 Å². The number of halogens is 2. The fourth-order valence-electron chi connectivity index (χ4n) is 1.36. The van der Waals surface area contributed by atoms with E-state index in [1.165, 1.54) is 19.2 Å². The molecule has 1 aromatic carbocycles. The lowest BCUT2D eigenvalue weighted by Crippen LogP contribution is -2.34. The van der Waals surface area contributed by atoms with Crippen LogP contribution in [0.2, 0.25) is 0 Å². The van der Waals surface area contributed by atoms with Gasteiger partial charge in [0.2, 0.25) is 10.0 Å². The number of aliphatic carboxylic acids is 1. The molecule has 1 rings (SSSR count). The highest BCUT2D eigenvalue weighted by Gasteiger charge is 2.19. The predicted molar refractivity (Wildman–Crippen MR) is 72.3 cm³/mol. The summed E-state index contributed by atoms with van der Waals surface area (Å²) in [6.07, 6.45) is -1.14. The zero-order valence-corrected chi connectivity index (χ0v) is 12.9. The molecule has 1 aromatic rings. The monoisotopic (exact) mass is 369 g/mol. The third-order valence-electron chi connectivity index (χ3n) is 2.44. The third-order valence-corrected chi connectivity index (χ3v) is 4.50. The predicted octanol–water partition coefficient (Wildman–Crippen LogP) is 1.36. The highest BCUT2D eigenvalue weighted by atomic mass is 79.9. The van der Waals surface area contributed by atoms with Crippen LogP contribution in [0.15, 0.2) is 27.6 Å². The molecule has 0 aliphatic carbocycles. The molecular weight excluding hydrogens is 357 g/mol. The quantitative estimate of drug-likeness (QED) is 0.756. The molecule has 0 aliphatic rings. The van der Waals surface area contributed by atoms with Gasteiger partial charge in [-0.1, -0.05) is 0 Å². The fraction of sp³-hybridized carbons (Fsp3) is 0.364. The first-order valence-corrected chi connectivity index (χ1v) is 7.73. The van der Waals surface area contributed by atoms with Crippen LogP contribution in [0.5, 0.6) is 0 Å². The molecule has 1 unspecified atom stereocenters. The number of carboxylic acid groups (broad SMARTS) is 1. The lowest BCUT2D eigenvalue weighted by atomic mass is 10.2. The molecule has 112 valence electrons. The van der Waals surface area contributed by atoms with Crippen LogP contribution in [-0.4, -0.2) is 39.3 Å². The van der Waals surface area contributed by atoms with Crippen LogP contribution in [0.3, 0.4) is 0 Å². The first-order chi connectivity index (χ1) is 9.26. The van der Waals surface area contributed by atoms with E-state index < -0.39 is 27.9 Å². The number of hydrogen-bond acceptors (Lipinski definition) is 4. The lowest BCUT2D eigenvalue weighted by molar-refractivity contribution is -0.139. The van der Waals surface area contributed by atoms with Gasteiger partial charge in [0.05, 0.1) is 21.9 Å². The van der Waals surface area contributed by atoms with Gasteiger partial charge >= 0.3 is 5.97 Å². The van der Waals surface area contributed by atoms with Crippen LogP contribution in [-0.2, 0) is 19.6 Å². The van der Waals surface area contributed by atoms with Crippen molar-refractivity contribution >= 4 is 31.9 Å². The second-order valence-corrected chi connectivity index (χ2v) is 6.50. The van der Waals surface area contributed by atoms with Gasteiger partial charge in [0.1, 0.15) is 5.82 Å². The van der Waals surface area contributed by atoms with Gasteiger partial charge in [-0.15, -0.1) is 0 Å². The van der Waals surface area contributed by atoms with Gasteiger partial charge in [0, 0.05) is 13.7 Å². The highest BCUT2D eigenvalue weighted by Crippen LogP contribution is 2.19. The number of methoxy groups -OCH3 is 1. The van der Waals surface area contributed by atoms with Gasteiger partial charge in [0.15, 0.2) is 0 Å². The third kappa shape index (κ3) is 4.82. The van der Waals surface area contributed by atoms with Crippen LogP contribution < -0.4 is 4.72 Å². The second-order valence-electron chi connectivity index (χ2n) is 3.88. The first kappa shape index (κ1) is 17.0. The molecule has 0 radical (unpaired) electrons. The summed E-state index contributed by atoms with van der Waals surface area (Å²) in [6.45, 7) is -0.219. The van der Waals surface area contributed by atoms with E-state index in [4.69, 9.17) is 9.84 Å². The molecular formula is C11H13BrFNO5S. The van der Waals surface area contributed by atoms with E-state index in [2.05, 4.69) is 20.7 Å². The molecule has 0 saturated carbocycles. The molecule has 0 amide bonds. The molecule has 20 heavy (non-hydrogen) atoms. The van der Waals surface area contributed by atoms with Crippen molar-refractivity contribution in [3.63, 3.8) is 0 Å². The normalized spacial score (nSPS) is 13.2. The molecule has 0 saturated heterocycles. The summed E-state index contributed by atoms with van der Waals surface area (Å²) in [4.78, 5) is 10.3. The van der Waals surface area contributed by atoms with Gasteiger partial charge < -0.3 is 9.84 Å². The van der Waals surface area contributed by atoms with E-state index in [-0.39, 0.29) is 22.3 Å². The Morgan fingerprint density at radius 2 is 2.20 bits per heavy atom. The van der Waals surface area contributed by atoms with E-state index in [1.54, 1.807) is 0 Å². The number of carbonyl (C=O) groups is 1. The van der Waals surface area contributed by atoms with Crippen molar-refractivity contribution in [3.05, 3.63) is 28.5 Å². The number of nitrogens with one attached hydrogen (secondary N) is 1. The maximum Gasteiger partial charge on any atom is 0.306 e. The molecule has 0 heterocycles. The molecule has 1 atom stereocenters. The van der Waals surface area contributed by atoms with E-state index in [9.17, 15) is 17.6 Å². The summed E-state index contributed by atoms with van der Waals surface area (Å²) >= 11 is 2.92. The van der Waals surface area contributed by atoms with Gasteiger partial charge in [0.25, 0.3) is 0 Å². The number of ether oxygens (including phenoxy) is 1. The molecule has 2 N–H and O–H groups in total. The van der Waals surface area contributed by atoms with Crippen LogP contribution in [0.4, 0.5) is 4.39 Å². The Kier molecular flexibility index (Phi) is 6.06. The molecule has 0 spiro atoms. The number of benzene rings is 1. The summed E-state index contributed by atoms with van der Waals surface area (Å²) in [7, 11) is -2.65. The fourth-order valence-corrected chi connectivity index (χ4v) is 2.69. The van der Waals surface area contributed by atoms with Crippen LogP contribution in [0.1, 0.15) is 6.42 Å². The summed E-state index contributed by atoms with van der Waals surface area (Å²) in [5.41, 5.74) is 0. The minimum Gasteiger partial charge on any atom is -0.481 e. The zero-order valence-electron chi connectivity index (χ0n) is 10.5. The summed E-state index contributed by atoms with van der Waals surface area (Å²) in [5.74, 6) is -1.81. The first-order valence-electron chi connectivity index (χ1n) is 5.45. The van der Waals surface area contributed by atoms with Crippen LogP contribution in [0.25, 0.3) is 0 Å². The Morgan fingerprint density at radius 3 is 2.70 bits per heavy atom. The van der Waals surface area contributed by atoms with Crippen molar-refractivity contribution in [1.29, 1.82) is 0 Å². The lowest BCUT2D eigenvalue weighted by Gasteiger charge is -2.14. The minimum atomic E-state index is -3.92. The number of sulfonamides is 1. The average molecular weight is 370 g/mol. The Hall–Kier alpha value is -1.03. The average Bonchev–Trinajstić information content (AvgIpc) is 2.37. The van der Waals surface area contributed by atoms with Crippen LogP contribution in [0, 0.1) is 5.82 Å². The van der Waals surface area contributed by atoms with Crippen molar-refractivity contribution in [2.45, 2.75) is 17.4 Å². The van der Waals surface area contributed by atoms with Crippen LogP contribution >= 0.6 is 15.9 Å². The Labute approximate surface area is 124 Å². The molecule has 0 aromatic heterocycles. The topological polar surface area (TPSA) is 92.7 Å². The summed E-state index contributed by atoms with van der Waals surface area (Å²) in [5, 5.41) is 8.62. The Morgan fingerprint density at radius 1 is 1.55 bits per heavy atom. The van der Waals surface area contributed by atoms with Gasteiger partial charge in [-0.2, -0.15) is 0 Å². The van der Waals surface area contributed by atoms with Crippen molar-refractivity contribution in [2.24, 2.45) is 0 Å². The molecule has 0 aliphatic heterocycles. The van der Waals surface area contributed by atoms with Gasteiger partial charge in [-0.3, -0.25) is 4.79 Å². The maximum absolute atomic E-state index is 13.3. The summed E-state index contributed by atoms with van der Waals surface area (Å²) in [6, 6.07) is 3.37. The Bertz CT molecular complexity index is 592. The second kappa shape index (κ2) is 7.11. The molecule has 0 fully saturated rings. The van der Waals surface area contributed by atoms with Crippen molar-refractivity contribution in [3.8, 4) is 0 Å². The molecule has 0 bridgehead atoms. The van der Waals surface area contributed by atoms with E-state index in [1.807, 2.05) is 0 Å². The van der Waals surface area contributed by atoms with Crippen molar-refractivity contribution < 1.29 is 27.4 Å².